The van der Waals surface area contributed by atoms with Crippen LogP contribution in [0.25, 0.3) is 87.4 Å². The minimum atomic E-state index is 0.912. The summed E-state index contributed by atoms with van der Waals surface area (Å²) in [6.07, 6.45) is 0. The summed E-state index contributed by atoms with van der Waals surface area (Å²) in [5.74, 6) is 0. The van der Waals surface area contributed by atoms with Gasteiger partial charge in [0.05, 0.1) is 46.0 Å². The van der Waals surface area contributed by atoms with Crippen molar-refractivity contribution >= 4 is 170 Å². The fraction of sp³-hybridized carbons (Fsp3) is 0.0345. The fourth-order valence-electron chi connectivity index (χ4n) is 5.71. The first-order valence-corrected chi connectivity index (χ1v) is 17.7. The van der Waals surface area contributed by atoms with E-state index >= 15 is 0 Å². The van der Waals surface area contributed by atoms with Gasteiger partial charge in [0.25, 0.3) is 0 Å². The summed E-state index contributed by atoms with van der Waals surface area (Å²) in [4.78, 5) is 0. The van der Waals surface area contributed by atoms with Crippen LogP contribution < -0.4 is 0 Å². The molecule has 0 aliphatic rings. The van der Waals surface area contributed by atoms with Gasteiger partial charge in [-0.3, -0.25) is 0 Å². The fourth-order valence-corrected chi connectivity index (χ4v) is 13.4. The molecule has 8 aromatic heterocycles. The van der Waals surface area contributed by atoms with Crippen molar-refractivity contribution < 1.29 is 8.83 Å². The van der Waals surface area contributed by atoms with Crippen molar-refractivity contribution in [3.63, 3.8) is 0 Å². The molecule has 39 heavy (non-hydrogen) atoms. The van der Waals surface area contributed by atoms with Gasteiger partial charge in [-0.15, -0.1) is 56.7 Å². The Morgan fingerprint density at radius 3 is 2.08 bits per heavy atom. The highest BCUT2D eigenvalue weighted by Crippen LogP contribution is 2.53. The zero-order chi connectivity index (χ0) is 25.7. The molecule has 0 aliphatic heterocycles. The van der Waals surface area contributed by atoms with Crippen molar-refractivity contribution in [2.75, 3.05) is 0 Å². The predicted octanol–water partition coefficient (Wildman–Crippen LogP) is 13.0. The zero-order valence-electron chi connectivity index (χ0n) is 19.7. The predicted molar refractivity (Wildman–Crippen MR) is 180 cm³/mol. The molecule has 0 bridgehead atoms. The molecule has 0 saturated carbocycles. The molecule has 0 unspecified atom stereocenters. The molecule has 10 rings (SSSR count). The van der Waals surface area contributed by atoms with Crippen molar-refractivity contribution in [1.82, 2.24) is 4.57 Å². The van der Waals surface area contributed by atoms with Gasteiger partial charge in [0.1, 0.15) is 16.7 Å². The number of nitrogens with zero attached hydrogens (tertiary/aromatic N) is 1. The van der Waals surface area contributed by atoms with Crippen LogP contribution in [-0.2, 0) is 0 Å². The molecule has 0 fully saturated rings. The van der Waals surface area contributed by atoms with Crippen molar-refractivity contribution in [3.05, 3.63) is 61.7 Å². The molecule has 188 valence electrons. The van der Waals surface area contributed by atoms with Gasteiger partial charge < -0.3 is 13.4 Å². The third-order valence-corrected chi connectivity index (χ3v) is 14.8. The third kappa shape index (κ3) is 2.85. The Labute approximate surface area is 255 Å². The molecule has 0 amide bonds. The molecular weight excluding hydrogens is 714 g/mol. The van der Waals surface area contributed by atoms with Gasteiger partial charge >= 0.3 is 0 Å². The Kier molecular flexibility index (Phi) is 4.36. The van der Waals surface area contributed by atoms with E-state index in [1.165, 1.54) is 52.5 Å². The van der Waals surface area contributed by atoms with Gasteiger partial charge in [-0.2, -0.15) is 0 Å². The maximum absolute atomic E-state index is 6.72. The Hall–Kier alpha value is -2.18. The van der Waals surface area contributed by atoms with E-state index in [0.717, 1.165) is 48.1 Å². The minimum absolute atomic E-state index is 0.912. The van der Waals surface area contributed by atoms with E-state index in [1.54, 1.807) is 22.7 Å². The van der Waals surface area contributed by atoms with Crippen LogP contribution in [0, 0.1) is 6.92 Å². The van der Waals surface area contributed by atoms with Gasteiger partial charge in [0.15, 0.2) is 11.2 Å². The average Bonchev–Trinajstić information content (AvgIpc) is 3.74. The highest BCUT2D eigenvalue weighted by Gasteiger charge is 2.26. The number of hydrogen-bond donors (Lipinski definition) is 0. The molecule has 0 aliphatic carbocycles. The van der Waals surface area contributed by atoms with Crippen molar-refractivity contribution in [3.8, 4) is 5.69 Å². The van der Waals surface area contributed by atoms with Crippen LogP contribution >= 0.6 is 88.5 Å². The Balaban J connectivity index is 1.29. The van der Waals surface area contributed by atoms with E-state index < -0.39 is 0 Å². The molecule has 0 radical (unpaired) electrons. The smallest absolute Gasteiger partial charge is 0.170 e. The molecule has 10 heteroatoms. The van der Waals surface area contributed by atoms with E-state index in [2.05, 4.69) is 91.9 Å². The second kappa shape index (κ2) is 7.55. The molecule has 0 spiro atoms. The highest BCUT2D eigenvalue weighted by atomic mass is 79.9. The lowest BCUT2D eigenvalue weighted by atomic mass is 10.2. The van der Waals surface area contributed by atoms with E-state index in [0.29, 0.717) is 0 Å². The molecule has 0 atom stereocenters. The molecule has 0 saturated heterocycles. The van der Waals surface area contributed by atoms with Gasteiger partial charge in [0.2, 0.25) is 0 Å². The Bertz CT molecular complexity index is 2650. The number of thiophene rings is 5. The van der Waals surface area contributed by atoms with Crippen LogP contribution in [0.1, 0.15) is 5.56 Å². The van der Waals surface area contributed by atoms with Crippen LogP contribution in [0.5, 0.6) is 0 Å². The van der Waals surface area contributed by atoms with Crippen LogP contribution in [0.15, 0.2) is 64.9 Å². The molecular formula is C29H11Br2NO2S5. The lowest BCUT2D eigenvalue weighted by molar-refractivity contribution is 0.667. The van der Waals surface area contributed by atoms with E-state index in [4.69, 9.17) is 8.83 Å². The minimum Gasteiger partial charge on any atom is -0.454 e. The Morgan fingerprint density at radius 2 is 1.28 bits per heavy atom. The normalized spacial score (nSPS) is 13.0. The van der Waals surface area contributed by atoms with Gasteiger partial charge in [-0.25, -0.2) is 0 Å². The van der Waals surface area contributed by atoms with Crippen LogP contribution in [0.2, 0.25) is 0 Å². The van der Waals surface area contributed by atoms with E-state index in [1.807, 2.05) is 34.0 Å². The van der Waals surface area contributed by atoms with Gasteiger partial charge in [0, 0.05) is 21.2 Å². The lowest BCUT2D eigenvalue weighted by Gasteiger charge is -2.06. The zero-order valence-corrected chi connectivity index (χ0v) is 26.9. The number of rotatable bonds is 1. The number of aryl methyl sites for hydroxylation is 1. The second-order valence-electron chi connectivity index (χ2n) is 9.69. The van der Waals surface area contributed by atoms with Crippen molar-refractivity contribution in [2.45, 2.75) is 6.92 Å². The first kappa shape index (κ1) is 22.5. The SMILES string of the molecule is Cc1ccc(-n2c3cc(Br)sc3c3sc4c5cc6oc7c(sc8c9sc(Br)cc9sc78)c6cc5oc4c32)cc1. The second-order valence-corrected chi connectivity index (χ2v) is 17.6. The molecule has 2 aromatic carbocycles. The topological polar surface area (TPSA) is 31.2 Å². The van der Waals surface area contributed by atoms with E-state index in [9.17, 15) is 0 Å². The maximum Gasteiger partial charge on any atom is 0.170 e. The number of furan rings is 2. The summed E-state index contributed by atoms with van der Waals surface area (Å²) >= 11 is 16.4. The van der Waals surface area contributed by atoms with Gasteiger partial charge in [-0.05, 0) is 75.2 Å². The van der Waals surface area contributed by atoms with Crippen molar-refractivity contribution in [2.24, 2.45) is 0 Å². The summed E-state index contributed by atoms with van der Waals surface area (Å²) in [5.41, 5.74) is 8.54. The third-order valence-electron chi connectivity index (χ3n) is 7.39. The molecule has 0 N–H and O–H groups in total. The van der Waals surface area contributed by atoms with E-state index in [-0.39, 0.29) is 0 Å². The summed E-state index contributed by atoms with van der Waals surface area (Å²) in [6.45, 7) is 2.12. The highest BCUT2D eigenvalue weighted by molar-refractivity contribution is 9.11. The summed E-state index contributed by atoms with van der Waals surface area (Å²) < 4.78 is 28.1. The summed E-state index contributed by atoms with van der Waals surface area (Å²) in [5, 5.41) is 2.25. The molecule has 8 heterocycles. The summed E-state index contributed by atoms with van der Waals surface area (Å²) in [6, 6.07) is 17.5. The maximum atomic E-state index is 6.72. The largest absolute Gasteiger partial charge is 0.454 e. The number of fused-ring (bicyclic) bond motifs is 14. The average molecular weight is 726 g/mol. The number of benzene rings is 2. The Morgan fingerprint density at radius 1 is 0.615 bits per heavy atom. The van der Waals surface area contributed by atoms with Gasteiger partial charge in [-0.1, -0.05) is 17.7 Å². The summed E-state index contributed by atoms with van der Waals surface area (Å²) in [7, 11) is 0. The number of hydrogen-bond acceptors (Lipinski definition) is 7. The number of halogens is 2. The molecule has 10 aromatic rings. The standard InChI is InChI=1S/C29H11Br2NO2S5/c1-10-2-4-11(5-3-10)32-14-8-18(30)36-25(14)27-20(32)21-23(38-27)12-6-16-13(7-15(12)33-21)24-22(34-16)28-29(39-24)26-17(35-28)9-19(31)37-26/h2-9H,1H3. The monoisotopic (exact) mass is 723 g/mol. The first-order chi connectivity index (χ1) is 19.0. The first-order valence-electron chi connectivity index (χ1n) is 12.0. The van der Waals surface area contributed by atoms with Crippen LogP contribution in [0.3, 0.4) is 0 Å². The van der Waals surface area contributed by atoms with Crippen LogP contribution in [0.4, 0.5) is 0 Å². The van der Waals surface area contributed by atoms with Crippen molar-refractivity contribution in [1.29, 1.82) is 0 Å². The quantitative estimate of drug-likeness (QED) is 0.169. The van der Waals surface area contributed by atoms with Crippen LogP contribution in [-0.4, -0.2) is 4.57 Å². The lowest BCUT2D eigenvalue weighted by Crippen LogP contribution is -1.92. The number of aromatic nitrogens is 1. The molecule has 3 nitrogen and oxygen atoms in total.